The number of pyridine rings is 1. The van der Waals surface area contributed by atoms with Crippen LogP contribution in [0, 0.1) is 6.92 Å². The SMILES string of the molecule is CSc1ccc(CN(C)C(=O)c2cccc(C)n2)cc1. The molecule has 104 valence electrons. The molecule has 0 saturated heterocycles. The fourth-order valence-corrected chi connectivity index (χ4v) is 2.34. The van der Waals surface area contributed by atoms with Crippen LogP contribution in [-0.4, -0.2) is 29.1 Å². The highest BCUT2D eigenvalue weighted by Crippen LogP contribution is 2.16. The smallest absolute Gasteiger partial charge is 0.272 e. The lowest BCUT2D eigenvalue weighted by Crippen LogP contribution is -2.27. The van der Waals surface area contributed by atoms with Gasteiger partial charge in [0.15, 0.2) is 0 Å². The molecule has 0 radical (unpaired) electrons. The first-order valence-corrected chi connectivity index (χ1v) is 7.64. The molecular weight excluding hydrogens is 268 g/mol. The summed E-state index contributed by atoms with van der Waals surface area (Å²) in [5.74, 6) is -0.0531. The molecule has 0 saturated carbocycles. The molecule has 2 aromatic rings. The molecule has 0 aliphatic carbocycles. The molecule has 3 nitrogen and oxygen atoms in total. The minimum absolute atomic E-state index is 0.0531. The van der Waals surface area contributed by atoms with E-state index in [9.17, 15) is 4.79 Å². The van der Waals surface area contributed by atoms with E-state index < -0.39 is 0 Å². The van der Waals surface area contributed by atoms with E-state index >= 15 is 0 Å². The fraction of sp³-hybridized carbons (Fsp3) is 0.250. The van der Waals surface area contributed by atoms with Gasteiger partial charge in [-0.25, -0.2) is 4.98 Å². The van der Waals surface area contributed by atoms with E-state index in [0.717, 1.165) is 11.3 Å². The van der Waals surface area contributed by atoms with Gasteiger partial charge in [-0.1, -0.05) is 18.2 Å². The molecule has 1 amide bonds. The van der Waals surface area contributed by atoms with E-state index in [-0.39, 0.29) is 5.91 Å². The van der Waals surface area contributed by atoms with Gasteiger partial charge < -0.3 is 4.90 Å². The van der Waals surface area contributed by atoms with Gasteiger partial charge in [0.2, 0.25) is 0 Å². The Hall–Kier alpha value is -1.81. The zero-order valence-corrected chi connectivity index (χ0v) is 12.8. The number of carbonyl (C=O) groups excluding carboxylic acids is 1. The van der Waals surface area contributed by atoms with E-state index in [4.69, 9.17) is 0 Å². The number of carbonyl (C=O) groups is 1. The summed E-state index contributed by atoms with van der Waals surface area (Å²) >= 11 is 1.71. The molecule has 20 heavy (non-hydrogen) atoms. The van der Waals surface area contributed by atoms with Gasteiger partial charge in [0.05, 0.1) is 0 Å². The highest BCUT2D eigenvalue weighted by atomic mass is 32.2. The number of aryl methyl sites for hydroxylation is 1. The highest BCUT2D eigenvalue weighted by molar-refractivity contribution is 7.98. The second-order valence-corrected chi connectivity index (χ2v) is 5.55. The summed E-state index contributed by atoms with van der Waals surface area (Å²) in [6.45, 7) is 2.47. The lowest BCUT2D eigenvalue weighted by Gasteiger charge is -2.17. The van der Waals surface area contributed by atoms with Gasteiger partial charge in [0.25, 0.3) is 5.91 Å². The Bertz CT molecular complexity index is 596. The summed E-state index contributed by atoms with van der Waals surface area (Å²) in [7, 11) is 1.80. The lowest BCUT2D eigenvalue weighted by atomic mass is 10.2. The van der Waals surface area contributed by atoms with Crippen molar-refractivity contribution >= 4 is 17.7 Å². The van der Waals surface area contributed by atoms with Crippen LogP contribution in [-0.2, 0) is 6.54 Å². The number of nitrogens with zero attached hydrogens (tertiary/aromatic N) is 2. The summed E-state index contributed by atoms with van der Waals surface area (Å²) < 4.78 is 0. The lowest BCUT2D eigenvalue weighted by molar-refractivity contribution is 0.0779. The summed E-state index contributed by atoms with van der Waals surface area (Å²) in [5, 5.41) is 0. The number of hydrogen-bond acceptors (Lipinski definition) is 3. The molecule has 4 heteroatoms. The van der Waals surface area contributed by atoms with Gasteiger partial charge in [-0.15, -0.1) is 11.8 Å². The average molecular weight is 286 g/mol. The Morgan fingerprint density at radius 3 is 2.50 bits per heavy atom. The van der Waals surface area contributed by atoms with Crippen molar-refractivity contribution in [3.8, 4) is 0 Å². The van der Waals surface area contributed by atoms with Crippen LogP contribution in [0.1, 0.15) is 21.7 Å². The predicted molar refractivity (Wildman–Crippen MR) is 83.0 cm³/mol. The molecule has 0 aliphatic heterocycles. The van der Waals surface area contributed by atoms with Crippen molar-refractivity contribution in [3.63, 3.8) is 0 Å². The molecule has 0 aliphatic rings. The summed E-state index contributed by atoms with van der Waals surface area (Å²) in [4.78, 5) is 19.5. The van der Waals surface area contributed by atoms with Crippen LogP contribution in [0.4, 0.5) is 0 Å². The maximum atomic E-state index is 12.3. The first-order valence-electron chi connectivity index (χ1n) is 6.42. The number of amides is 1. The van der Waals surface area contributed by atoms with E-state index in [0.29, 0.717) is 12.2 Å². The summed E-state index contributed by atoms with van der Waals surface area (Å²) in [6.07, 6.45) is 2.05. The van der Waals surface area contributed by atoms with Crippen molar-refractivity contribution < 1.29 is 4.79 Å². The minimum Gasteiger partial charge on any atom is -0.336 e. The molecule has 2 rings (SSSR count). The number of benzene rings is 1. The van der Waals surface area contributed by atoms with Gasteiger partial charge >= 0.3 is 0 Å². The third-order valence-electron chi connectivity index (χ3n) is 3.03. The largest absolute Gasteiger partial charge is 0.336 e. The van der Waals surface area contributed by atoms with Crippen LogP contribution in [0.25, 0.3) is 0 Å². The molecule has 1 heterocycles. The maximum Gasteiger partial charge on any atom is 0.272 e. The Morgan fingerprint density at radius 1 is 1.20 bits per heavy atom. The number of hydrogen-bond donors (Lipinski definition) is 0. The molecule has 0 spiro atoms. The first-order chi connectivity index (χ1) is 9.60. The molecule has 1 aromatic heterocycles. The second-order valence-electron chi connectivity index (χ2n) is 4.67. The molecule has 0 atom stereocenters. The molecule has 0 fully saturated rings. The van der Waals surface area contributed by atoms with Crippen molar-refractivity contribution in [3.05, 3.63) is 59.4 Å². The maximum absolute atomic E-state index is 12.3. The monoisotopic (exact) mass is 286 g/mol. The quantitative estimate of drug-likeness (QED) is 0.808. The normalized spacial score (nSPS) is 10.3. The van der Waals surface area contributed by atoms with Crippen LogP contribution < -0.4 is 0 Å². The van der Waals surface area contributed by atoms with Crippen LogP contribution in [0.3, 0.4) is 0 Å². The number of aromatic nitrogens is 1. The Kier molecular flexibility index (Phi) is 4.79. The van der Waals surface area contributed by atoms with Crippen molar-refractivity contribution in [2.24, 2.45) is 0 Å². The van der Waals surface area contributed by atoms with E-state index in [2.05, 4.69) is 29.2 Å². The van der Waals surface area contributed by atoms with Crippen LogP contribution in [0.2, 0.25) is 0 Å². The molecule has 1 aromatic carbocycles. The Labute approximate surface area is 124 Å². The van der Waals surface area contributed by atoms with Crippen molar-refractivity contribution in [1.29, 1.82) is 0 Å². The zero-order chi connectivity index (χ0) is 14.5. The third kappa shape index (κ3) is 3.61. The second kappa shape index (κ2) is 6.57. The standard InChI is InChI=1S/C16H18N2OS/c1-12-5-4-6-15(17-12)16(19)18(2)11-13-7-9-14(20-3)10-8-13/h4-10H,11H2,1-3H3. The average Bonchev–Trinajstić information content (AvgIpc) is 2.47. The molecular formula is C16H18N2OS. The van der Waals surface area contributed by atoms with Crippen molar-refractivity contribution in [2.75, 3.05) is 13.3 Å². The van der Waals surface area contributed by atoms with Crippen LogP contribution in [0.15, 0.2) is 47.4 Å². The van der Waals surface area contributed by atoms with Gasteiger partial charge in [-0.2, -0.15) is 0 Å². The van der Waals surface area contributed by atoms with Crippen molar-refractivity contribution in [2.45, 2.75) is 18.4 Å². The first kappa shape index (κ1) is 14.6. The Balaban J connectivity index is 2.07. The summed E-state index contributed by atoms with van der Waals surface area (Å²) in [6, 6.07) is 13.8. The van der Waals surface area contributed by atoms with Gasteiger partial charge in [0, 0.05) is 24.2 Å². The minimum atomic E-state index is -0.0531. The number of thioether (sulfide) groups is 1. The van der Waals surface area contributed by atoms with Crippen molar-refractivity contribution in [1.82, 2.24) is 9.88 Å². The van der Waals surface area contributed by atoms with Crippen LogP contribution in [0.5, 0.6) is 0 Å². The van der Waals surface area contributed by atoms with E-state index in [1.165, 1.54) is 4.90 Å². The van der Waals surface area contributed by atoms with Gasteiger partial charge in [-0.3, -0.25) is 4.79 Å². The van der Waals surface area contributed by atoms with E-state index in [1.54, 1.807) is 29.8 Å². The van der Waals surface area contributed by atoms with Gasteiger partial charge in [0.1, 0.15) is 5.69 Å². The fourth-order valence-electron chi connectivity index (χ4n) is 1.93. The van der Waals surface area contributed by atoms with Crippen LogP contribution >= 0.6 is 11.8 Å². The van der Waals surface area contributed by atoms with E-state index in [1.807, 2.05) is 25.3 Å². The molecule has 0 unspecified atom stereocenters. The topological polar surface area (TPSA) is 33.2 Å². The predicted octanol–water partition coefficient (Wildman–Crippen LogP) is 3.38. The van der Waals surface area contributed by atoms with Gasteiger partial charge in [-0.05, 0) is 43.0 Å². The summed E-state index contributed by atoms with van der Waals surface area (Å²) in [5.41, 5.74) is 2.47. The zero-order valence-electron chi connectivity index (χ0n) is 12.0. The molecule has 0 N–H and O–H groups in total. The Morgan fingerprint density at radius 2 is 1.90 bits per heavy atom. The number of rotatable bonds is 4. The molecule has 0 bridgehead atoms. The third-order valence-corrected chi connectivity index (χ3v) is 3.78. The highest BCUT2D eigenvalue weighted by Gasteiger charge is 2.13.